The zero-order valence-corrected chi connectivity index (χ0v) is 16.6. The highest BCUT2D eigenvalue weighted by Gasteiger charge is 2.29. The number of nitrogens with zero attached hydrogens (tertiary/aromatic N) is 6. The van der Waals surface area contributed by atoms with Gasteiger partial charge in [-0.25, -0.2) is 14.5 Å². The number of hydrogen-bond donors (Lipinski definition) is 1. The van der Waals surface area contributed by atoms with Gasteiger partial charge in [0.25, 0.3) is 0 Å². The SMILES string of the molecule is CCNC(=O)N1CCC(n2cc(CN3CCC[C@H]3c3nccs3)nn2)CC1. The van der Waals surface area contributed by atoms with E-state index in [0.29, 0.717) is 18.6 Å². The normalized spacial score (nSPS) is 21.7. The molecule has 2 aromatic rings. The second kappa shape index (κ2) is 8.35. The Bertz CT molecular complexity index is 739. The lowest BCUT2D eigenvalue weighted by Crippen LogP contribution is -2.44. The highest BCUT2D eigenvalue weighted by atomic mass is 32.1. The lowest BCUT2D eigenvalue weighted by molar-refractivity contribution is 0.168. The zero-order valence-electron chi connectivity index (χ0n) is 15.8. The highest BCUT2D eigenvalue weighted by Crippen LogP contribution is 2.34. The van der Waals surface area contributed by atoms with Crippen LogP contribution in [-0.2, 0) is 6.54 Å². The van der Waals surface area contributed by atoms with Gasteiger partial charge in [-0.3, -0.25) is 4.90 Å². The number of likely N-dealkylation sites (tertiary alicyclic amines) is 2. The number of aromatic nitrogens is 4. The number of hydrogen-bond acceptors (Lipinski definition) is 6. The van der Waals surface area contributed by atoms with Crippen LogP contribution in [0.25, 0.3) is 0 Å². The minimum Gasteiger partial charge on any atom is -0.338 e. The summed E-state index contributed by atoms with van der Waals surface area (Å²) in [6, 6.07) is 0.776. The molecule has 0 spiro atoms. The minimum atomic E-state index is 0.0393. The van der Waals surface area contributed by atoms with E-state index in [9.17, 15) is 4.79 Å². The Morgan fingerprint density at radius 1 is 1.30 bits per heavy atom. The molecule has 0 saturated carbocycles. The number of nitrogens with one attached hydrogen (secondary N) is 1. The number of amides is 2. The molecule has 4 heterocycles. The van der Waals surface area contributed by atoms with Crippen LogP contribution in [0.15, 0.2) is 17.8 Å². The average Bonchev–Trinajstić information content (AvgIpc) is 3.44. The van der Waals surface area contributed by atoms with Crippen LogP contribution in [0, 0.1) is 0 Å². The Balaban J connectivity index is 1.33. The predicted octanol–water partition coefficient (Wildman–Crippen LogP) is 2.44. The van der Waals surface area contributed by atoms with Gasteiger partial charge in [-0.05, 0) is 39.2 Å². The quantitative estimate of drug-likeness (QED) is 0.850. The van der Waals surface area contributed by atoms with Crippen molar-refractivity contribution in [2.24, 2.45) is 0 Å². The summed E-state index contributed by atoms with van der Waals surface area (Å²) in [6.45, 7) is 6.06. The van der Waals surface area contributed by atoms with E-state index in [4.69, 9.17) is 0 Å². The second-order valence-electron chi connectivity index (χ2n) is 7.24. The maximum Gasteiger partial charge on any atom is 0.317 e. The Morgan fingerprint density at radius 2 is 2.15 bits per heavy atom. The fourth-order valence-electron chi connectivity index (χ4n) is 4.06. The molecular weight excluding hydrogens is 362 g/mol. The number of carbonyl (C=O) groups excluding carboxylic acids is 1. The Labute approximate surface area is 163 Å². The van der Waals surface area contributed by atoms with Gasteiger partial charge in [-0.15, -0.1) is 16.4 Å². The van der Waals surface area contributed by atoms with Gasteiger partial charge in [0.15, 0.2) is 0 Å². The van der Waals surface area contributed by atoms with Gasteiger partial charge in [-0.2, -0.15) is 0 Å². The largest absolute Gasteiger partial charge is 0.338 e. The van der Waals surface area contributed by atoms with Crippen molar-refractivity contribution in [3.63, 3.8) is 0 Å². The first-order chi connectivity index (χ1) is 13.2. The topological polar surface area (TPSA) is 79.2 Å². The Morgan fingerprint density at radius 3 is 2.89 bits per heavy atom. The number of urea groups is 1. The third-order valence-corrected chi connectivity index (χ3v) is 6.35. The first-order valence-electron chi connectivity index (χ1n) is 9.81. The first kappa shape index (κ1) is 18.4. The van der Waals surface area contributed by atoms with E-state index in [2.05, 4.69) is 37.1 Å². The molecule has 0 bridgehead atoms. The van der Waals surface area contributed by atoms with Gasteiger partial charge in [0.05, 0.1) is 24.0 Å². The van der Waals surface area contributed by atoms with Crippen LogP contribution < -0.4 is 5.32 Å². The number of thiazole rings is 1. The van der Waals surface area contributed by atoms with Crippen molar-refractivity contribution in [3.05, 3.63) is 28.5 Å². The molecule has 2 amide bonds. The van der Waals surface area contributed by atoms with E-state index in [-0.39, 0.29) is 6.03 Å². The Kier molecular flexibility index (Phi) is 5.68. The van der Waals surface area contributed by atoms with Crippen LogP contribution in [-0.4, -0.2) is 62.0 Å². The van der Waals surface area contributed by atoms with Crippen molar-refractivity contribution in [2.45, 2.75) is 51.2 Å². The fourth-order valence-corrected chi connectivity index (χ4v) is 4.87. The molecule has 8 nitrogen and oxygen atoms in total. The fraction of sp³-hybridized carbons (Fsp3) is 0.667. The van der Waals surface area contributed by atoms with Gasteiger partial charge in [0, 0.05) is 37.8 Å². The van der Waals surface area contributed by atoms with E-state index < -0.39 is 0 Å². The van der Waals surface area contributed by atoms with Crippen LogP contribution in [0.5, 0.6) is 0 Å². The standard InChI is InChI=1S/C18H27N7OS/c1-2-19-18(26)23-9-5-15(6-10-23)25-13-14(21-22-25)12-24-8-3-4-16(24)17-20-7-11-27-17/h7,11,13,15-16H,2-6,8-10,12H2,1H3,(H,19,26)/t16-/m0/s1. The molecule has 0 radical (unpaired) electrons. The zero-order chi connectivity index (χ0) is 18.6. The molecule has 2 fully saturated rings. The molecule has 4 rings (SSSR count). The molecule has 1 atom stereocenters. The molecule has 1 N–H and O–H groups in total. The molecule has 9 heteroatoms. The van der Waals surface area contributed by atoms with E-state index in [1.54, 1.807) is 11.3 Å². The molecule has 2 aliphatic rings. The van der Waals surface area contributed by atoms with Crippen molar-refractivity contribution < 1.29 is 4.79 Å². The third-order valence-electron chi connectivity index (χ3n) is 5.48. The van der Waals surface area contributed by atoms with E-state index in [0.717, 1.165) is 44.7 Å². The summed E-state index contributed by atoms with van der Waals surface area (Å²) >= 11 is 1.74. The molecule has 2 aliphatic heterocycles. The van der Waals surface area contributed by atoms with E-state index in [1.165, 1.54) is 17.8 Å². The highest BCUT2D eigenvalue weighted by molar-refractivity contribution is 7.09. The summed E-state index contributed by atoms with van der Waals surface area (Å²) in [5.41, 5.74) is 1.02. The van der Waals surface area contributed by atoms with Gasteiger partial charge in [0.2, 0.25) is 0 Å². The first-order valence-corrected chi connectivity index (χ1v) is 10.7. The summed E-state index contributed by atoms with van der Waals surface area (Å²) in [7, 11) is 0. The molecule has 0 unspecified atom stereocenters. The lowest BCUT2D eigenvalue weighted by atomic mass is 10.1. The van der Waals surface area contributed by atoms with Gasteiger partial charge >= 0.3 is 6.03 Å². The van der Waals surface area contributed by atoms with Gasteiger partial charge in [0.1, 0.15) is 5.01 Å². The monoisotopic (exact) mass is 389 g/mol. The van der Waals surface area contributed by atoms with Crippen LogP contribution in [0.2, 0.25) is 0 Å². The van der Waals surface area contributed by atoms with Crippen molar-refractivity contribution >= 4 is 17.4 Å². The predicted molar refractivity (Wildman–Crippen MR) is 103 cm³/mol. The number of carbonyl (C=O) groups is 1. The molecular formula is C18H27N7OS. The molecule has 27 heavy (non-hydrogen) atoms. The van der Waals surface area contributed by atoms with Crippen molar-refractivity contribution in [2.75, 3.05) is 26.2 Å². The van der Waals surface area contributed by atoms with Crippen molar-refractivity contribution in [1.29, 1.82) is 0 Å². The average molecular weight is 390 g/mol. The molecule has 0 aromatic carbocycles. The molecule has 2 saturated heterocycles. The summed E-state index contributed by atoms with van der Waals surface area (Å²) in [5.74, 6) is 0. The molecule has 2 aromatic heterocycles. The lowest BCUT2D eigenvalue weighted by Gasteiger charge is -2.31. The molecule has 0 aliphatic carbocycles. The van der Waals surface area contributed by atoms with Crippen molar-refractivity contribution in [1.82, 2.24) is 35.1 Å². The van der Waals surface area contributed by atoms with E-state index >= 15 is 0 Å². The Hall–Kier alpha value is -2.00. The minimum absolute atomic E-state index is 0.0393. The van der Waals surface area contributed by atoms with Gasteiger partial charge < -0.3 is 10.2 Å². The summed E-state index contributed by atoms with van der Waals surface area (Å²) in [4.78, 5) is 20.8. The molecule has 146 valence electrons. The number of rotatable bonds is 5. The van der Waals surface area contributed by atoms with Gasteiger partial charge in [-0.1, -0.05) is 5.21 Å². The van der Waals surface area contributed by atoms with Crippen LogP contribution in [0.3, 0.4) is 0 Å². The van der Waals surface area contributed by atoms with Crippen LogP contribution in [0.4, 0.5) is 4.79 Å². The smallest absolute Gasteiger partial charge is 0.317 e. The second-order valence-corrected chi connectivity index (χ2v) is 8.17. The summed E-state index contributed by atoms with van der Waals surface area (Å²) < 4.78 is 2.00. The van der Waals surface area contributed by atoms with E-state index in [1.807, 2.05) is 22.7 Å². The van der Waals surface area contributed by atoms with Crippen LogP contribution >= 0.6 is 11.3 Å². The maximum absolute atomic E-state index is 11.9. The maximum atomic E-state index is 11.9. The van der Waals surface area contributed by atoms with Crippen molar-refractivity contribution in [3.8, 4) is 0 Å². The number of piperidine rings is 1. The van der Waals surface area contributed by atoms with Crippen LogP contribution in [0.1, 0.15) is 55.4 Å². The third kappa shape index (κ3) is 4.14. The summed E-state index contributed by atoms with van der Waals surface area (Å²) in [5, 5.41) is 14.9. The summed E-state index contributed by atoms with van der Waals surface area (Å²) in [6.07, 6.45) is 8.19.